The van der Waals surface area contributed by atoms with Crippen LogP contribution in [0.25, 0.3) is 0 Å². The fourth-order valence-electron chi connectivity index (χ4n) is 2.18. The Bertz CT molecular complexity index is 424. The maximum absolute atomic E-state index is 11.4. The van der Waals surface area contributed by atoms with Crippen molar-refractivity contribution in [1.82, 2.24) is 0 Å². The fourth-order valence-corrected chi connectivity index (χ4v) is 2.18. The Morgan fingerprint density at radius 2 is 1.90 bits per heavy atom. The first-order chi connectivity index (χ1) is 9.85. The van der Waals surface area contributed by atoms with Crippen molar-refractivity contribution in [2.75, 3.05) is 6.61 Å². The molecule has 1 atom stereocenters. The molecule has 0 aliphatic heterocycles. The Morgan fingerprint density at radius 1 is 1.29 bits per heavy atom. The van der Waals surface area contributed by atoms with Crippen LogP contribution in [0.3, 0.4) is 0 Å². The van der Waals surface area contributed by atoms with Gasteiger partial charge in [0.15, 0.2) is 0 Å². The zero-order valence-electron chi connectivity index (χ0n) is 14.0. The van der Waals surface area contributed by atoms with Gasteiger partial charge < -0.3 is 10.2 Å². The summed E-state index contributed by atoms with van der Waals surface area (Å²) in [4.78, 5) is 11.4. The lowest BCUT2D eigenvalue weighted by molar-refractivity contribution is -0.139. The van der Waals surface area contributed by atoms with Crippen molar-refractivity contribution in [2.45, 2.75) is 59.8 Å². The van der Waals surface area contributed by atoms with E-state index in [0.717, 1.165) is 24.0 Å². The van der Waals surface area contributed by atoms with Gasteiger partial charge in [0, 0.05) is 6.61 Å². The van der Waals surface area contributed by atoms with Gasteiger partial charge in [0.2, 0.25) is 0 Å². The summed E-state index contributed by atoms with van der Waals surface area (Å²) >= 11 is 0. The van der Waals surface area contributed by atoms with E-state index in [-0.39, 0.29) is 12.0 Å². The summed E-state index contributed by atoms with van der Waals surface area (Å²) in [6.07, 6.45) is 2.25. The Hall–Kier alpha value is -1.35. The minimum absolute atomic E-state index is 0.129. The topological polar surface area (TPSA) is 57.5 Å². The van der Waals surface area contributed by atoms with E-state index in [2.05, 4.69) is 0 Å². The van der Waals surface area contributed by atoms with Crippen molar-refractivity contribution in [1.29, 1.82) is 0 Å². The number of carboxylic acids is 1. The molecular formula is C18H30O3. The zero-order chi connectivity index (χ0) is 16.5. The molecule has 0 aliphatic rings. The summed E-state index contributed by atoms with van der Waals surface area (Å²) in [5.41, 5.74) is 1.82. The number of aryl methyl sites for hydroxylation is 1. The van der Waals surface area contributed by atoms with Crippen molar-refractivity contribution in [3.63, 3.8) is 0 Å². The molecule has 0 saturated carbocycles. The molecule has 1 aromatic carbocycles. The molecule has 21 heavy (non-hydrogen) atoms. The molecular weight excluding hydrogens is 264 g/mol. The van der Waals surface area contributed by atoms with Crippen LogP contribution in [0.1, 0.15) is 64.0 Å². The molecule has 0 spiro atoms. The average molecular weight is 294 g/mol. The molecule has 1 rings (SSSR count). The third-order valence-electron chi connectivity index (χ3n) is 3.52. The summed E-state index contributed by atoms with van der Waals surface area (Å²) in [5, 5.41) is 18.6. The van der Waals surface area contributed by atoms with Gasteiger partial charge >= 0.3 is 5.97 Å². The van der Waals surface area contributed by atoms with Crippen LogP contribution < -0.4 is 0 Å². The lowest BCUT2D eigenvalue weighted by Crippen LogP contribution is -2.18. The maximum atomic E-state index is 11.4. The van der Waals surface area contributed by atoms with Crippen molar-refractivity contribution in [3.05, 3.63) is 35.4 Å². The van der Waals surface area contributed by atoms with Gasteiger partial charge in [-0.15, -0.1) is 0 Å². The average Bonchev–Trinajstić information content (AvgIpc) is 2.45. The van der Waals surface area contributed by atoms with E-state index in [0.29, 0.717) is 6.42 Å². The summed E-state index contributed by atoms with van der Waals surface area (Å²) in [7, 11) is 0. The number of aliphatic hydroxyl groups is 1. The molecule has 0 aromatic heterocycles. The Balaban J connectivity index is 0.00000191. The number of aliphatic carboxylic acids is 1. The highest BCUT2D eigenvalue weighted by Crippen LogP contribution is 2.28. The van der Waals surface area contributed by atoms with Crippen molar-refractivity contribution >= 4 is 5.97 Å². The second-order valence-corrected chi connectivity index (χ2v) is 6.02. The van der Waals surface area contributed by atoms with Gasteiger partial charge in [-0.3, -0.25) is 4.79 Å². The smallest absolute Gasteiger partial charge is 0.310 e. The molecule has 120 valence electrons. The van der Waals surface area contributed by atoms with Crippen LogP contribution in [0.2, 0.25) is 0 Å². The van der Waals surface area contributed by atoms with Crippen molar-refractivity contribution in [3.8, 4) is 0 Å². The van der Waals surface area contributed by atoms with E-state index < -0.39 is 11.9 Å². The first-order valence-corrected chi connectivity index (χ1v) is 7.76. The lowest BCUT2D eigenvalue weighted by Gasteiger charge is -2.22. The molecule has 0 amide bonds. The van der Waals surface area contributed by atoms with Gasteiger partial charge in [-0.05, 0) is 30.7 Å². The predicted molar refractivity (Wildman–Crippen MR) is 87.6 cm³/mol. The molecule has 0 fully saturated rings. The maximum Gasteiger partial charge on any atom is 0.310 e. The third kappa shape index (κ3) is 7.28. The van der Waals surface area contributed by atoms with Gasteiger partial charge in [-0.1, -0.05) is 63.9 Å². The van der Waals surface area contributed by atoms with Crippen molar-refractivity contribution < 1.29 is 15.0 Å². The van der Waals surface area contributed by atoms with Gasteiger partial charge in [0.25, 0.3) is 0 Å². The molecule has 3 nitrogen and oxygen atoms in total. The first-order valence-electron chi connectivity index (χ1n) is 7.76. The van der Waals surface area contributed by atoms with Crippen LogP contribution in [0.15, 0.2) is 24.3 Å². The number of hydrogen-bond donors (Lipinski definition) is 2. The molecule has 0 aliphatic carbocycles. The van der Waals surface area contributed by atoms with Crippen LogP contribution in [-0.4, -0.2) is 22.8 Å². The van der Waals surface area contributed by atoms with E-state index >= 15 is 0 Å². The van der Waals surface area contributed by atoms with Crippen LogP contribution in [0.4, 0.5) is 0 Å². The largest absolute Gasteiger partial charge is 0.481 e. The molecule has 0 radical (unpaired) electrons. The minimum atomic E-state index is -0.771. The second kappa shape index (κ2) is 9.56. The van der Waals surface area contributed by atoms with E-state index in [9.17, 15) is 15.0 Å². The standard InChI is InChI=1S/C16H24O3.C2H6/c1-12-6-4-7-13(10-12)14(15(18)19)8-5-9-16(2,3)11-17;1-2/h4,6-7,10,14,17H,5,8-9,11H2,1-3H3,(H,18,19);1-2H3. The summed E-state index contributed by atoms with van der Waals surface area (Å²) in [5.74, 6) is -1.22. The zero-order valence-corrected chi connectivity index (χ0v) is 14.0. The van der Waals surface area contributed by atoms with Crippen LogP contribution in [0.5, 0.6) is 0 Å². The fraction of sp³-hybridized carbons (Fsp3) is 0.611. The quantitative estimate of drug-likeness (QED) is 0.784. The van der Waals surface area contributed by atoms with Gasteiger partial charge in [0.1, 0.15) is 0 Å². The van der Waals surface area contributed by atoms with E-state index in [4.69, 9.17) is 0 Å². The van der Waals surface area contributed by atoms with Crippen LogP contribution >= 0.6 is 0 Å². The molecule has 0 saturated heterocycles. The third-order valence-corrected chi connectivity index (χ3v) is 3.52. The van der Waals surface area contributed by atoms with Crippen molar-refractivity contribution in [2.24, 2.45) is 5.41 Å². The predicted octanol–water partition coefficient (Wildman–Crippen LogP) is 4.38. The van der Waals surface area contributed by atoms with Gasteiger partial charge in [-0.2, -0.15) is 0 Å². The van der Waals surface area contributed by atoms with Crippen LogP contribution in [0, 0.1) is 12.3 Å². The minimum Gasteiger partial charge on any atom is -0.481 e. The number of carbonyl (C=O) groups is 1. The second-order valence-electron chi connectivity index (χ2n) is 6.02. The molecule has 1 unspecified atom stereocenters. The van der Waals surface area contributed by atoms with Gasteiger partial charge in [0.05, 0.1) is 5.92 Å². The molecule has 3 heteroatoms. The number of hydrogen-bond acceptors (Lipinski definition) is 2. The first kappa shape index (κ1) is 19.7. The van der Waals surface area contributed by atoms with E-state index in [1.807, 2.05) is 58.9 Å². The number of benzene rings is 1. The SMILES string of the molecule is CC.Cc1cccc(C(CCCC(C)(C)CO)C(=O)O)c1. The molecule has 0 heterocycles. The van der Waals surface area contributed by atoms with Gasteiger partial charge in [-0.25, -0.2) is 0 Å². The van der Waals surface area contributed by atoms with E-state index in [1.165, 1.54) is 0 Å². The summed E-state index contributed by atoms with van der Waals surface area (Å²) in [6.45, 7) is 10.1. The van der Waals surface area contributed by atoms with Crippen LogP contribution in [-0.2, 0) is 4.79 Å². The number of aliphatic hydroxyl groups excluding tert-OH is 1. The highest BCUT2D eigenvalue weighted by atomic mass is 16.4. The summed E-state index contributed by atoms with van der Waals surface area (Å²) in [6, 6.07) is 7.69. The molecule has 0 bridgehead atoms. The highest BCUT2D eigenvalue weighted by Gasteiger charge is 2.22. The summed E-state index contributed by atoms with van der Waals surface area (Å²) < 4.78 is 0. The Morgan fingerprint density at radius 3 is 2.38 bits per heavy atom. The monoisotopic (exact) mass is 294 g/mol. The normalized spacial score (nSPS) is 12.3. The lowest BCUT2D eigenvalue weighted by atomic mass is 9.85. The number of carboxylic acid groups (broad SMARTS) is 1. The Labute approximate surface area is 129 Å². The Kier molecular flexibility index (Phi) is 8.95. The number of rotatable bonds is 7. The highest BCUT2D eigenvalue weighted by molar-refractivity contribution is 5.76. The molecule has 2 N–H and O–H groups in total. The van der Waals surface area contributed by atoms with E-state index in [1.54, 1.807) is 0 Å². The molecule has 1 aromatic rings.